The molecular weight excluding hydrogens is 274 g/mol. The van der Waals surface area contributed by atoms with Crippen molar-refractivity contribution in [3.63, 3.8) is 0 Å². The molecule has 3 rings (SSSR count). The van der Waals surface area contributed by atoms with Crippen molar-refractivity contribution in [3.8, 4) is 11.1 Å². The molecule has 2 N–H and O–H groups in total. The Morgan fingerprint density at radius 3 is 2.95 bits per heavy atom. The van der Waals surface area contributed by atoms with Gasteiger partial charge >= 0.3 is 0 Å². The number of nitrogens with two attached hydrogens (primary N) is 1. The maximum Gasteiger partial charge on any atom is 0.243 e. The zero-order valence-corrected chi connectivity index (χ0v) is 11.6. The Morgan fingerprint density at radius 1 is 1.30 bits per heavy atom. The molecule has 0 fully saturated rings. The number of hydrogen-bond acceptors (Lipinski definition) is 3. The lowest BCUT2D eigenvalue weighted by Crippen LogP contribution is -2.27. The summed E-state index contributed by atoms with van der Waals surface area (Å²) in [6.45, 7) is 0.501. The third-order valence-corrected chi connectivity index (χ3v) is 3.85. The SMILES string of the molecule is NCc1cccc(-c2ccnc3c2CCC(=O)N3Cl)c1. The molecule has 0 aliphatic carbocycles. The number of rotatable bonds is 2. The minimum Gasteiger partial charge on any atom is -0.326 e. The van der Waals surface area contributed by atoms with Gasteiger partial charge in [-0.3, -0.25) is 4.79 Å². The van der Waals surface area contributed by atoms with Gasteiger partial charge in [-0.05, 0) is 35.2 Å². The number of benzene rings is 1. The van der Waals surface area contributed by atoms with E-state index in [9.17, 15) is 4.79 Å². The van der Waals surface area contributed by atoms with Crippen molar-refractivity contribution in [2.24, 2.45) is 5.73 Å². The van der Waals surface area contributed by atoms with Crippen molar-refractivity contribution in [1.82, 2.24) is 4.98 Å². The van der Waals surface area contributed by atoms with Crippen LogP contribution in [0, 0.1) is 0 Å². The van der Waals surface area contributed by atoms with Crippen molar-refractivity contribution in [1.29, 1.82) is 0 Å². The summed E-state index contributed by atoms with van der Waals surface area (Å²) in [6, 6.07) is 10.0. The molecule has 1 aromatic carbocycles. The van der Waals surface area contributed by atoms with Crippen LogP contribution in [-0.2, 0) is 17.8 Å². The first kappa shape index (κ1) is 13.1. The Bertz CT molecular complexity index is 672. The third-order valence-electron chi connectivity index (χ3n) is 3.50. The number of amides is 1. The van der Waals surface area contributed by atoms with Gasteiger partial charge in [0.25, 0.3) is 0 Å². The van der Waals surface area contributed by atoms with E-state index < -0.39 is 0 Å². The van der Waals surface area contributed by atoms with E-state index >= 15 is 0 Å². The molecule has 2 aromatic rings. The normalized spacial score (nSPS) is 14.3. The number of fused-ring (bicyclic) bond motifs is 1. The Morgan fingerprint density at radius 2 is 2.15 bits per heavy atom. The molecule has 1 aliphatic heterocycles. The van der Waals surface area contributed by atoms with Crippen LogP contribution < -0.4 is 10.2 Å². The van der Waals surface area contributed by atoms with Gasteiger partial charge in [0.05, 0.1) is 0 Å². The first-order valence-electron chi connectivity index (χ1n) is 6.46. The number of anilines is 1. The molecule has 1 amide bonds. The van der Waals surface area contributed by atoms with Gasteiger partial charge in [0.2, 0.25) is 5.91 Å². The molecule has 2 heterocycles. The van der Waals surface area contributed by atoms with Crippen LogP contribution >= 0.6 is 11.8 Å². The van der Waals surface area contributed by atoms with Crippen molar-refractivity contribution in [2.75, 3.05) is 4.42 Å². The van der Waals surface area contributed by atoms with Crippen LogP contribution in [0.1, 0.15) is 17.5 Å². The second kappa shape index (κ2) is 5.23. The number of hydrogen-bond donors (Lipinski definition) is 1. The minimum atomic E-state index is -0.112. The highest BCUT2D eigenvalue weighted by Crippen LogP contribution is 2.35. The Labute approximate surface area is 122 Å². The van der Waals surface area contributed by atoms with Crippen LogP contribution in [0.4, 0.5) is 5.82 Å². The highest BCUT2D eigenvalue weighted by molar-refractivity contribution is 6.37. The fourth-order valence-electron chi connectivity index (χ4n) is 2.48. The molecule has 0 saturated heterocycles. The van der Waals surface area contributed by atoms with E-state index in [4.69, 9.17) is 17.5 Å². The minimum absolute atomic E-state index is 0.112. The lowest BCUT2D eigenvalue weighted by Gasteiger charge is -2.23. The summed E-state index contributed by atoms with van der Waals surface area (Å²) in [5.41, 5.74) is 9.90. The van der Waals surface area contributed by atoms with Crippen LogP contribution in [0.25, 0.3) is 11.1 Å². The summed E-state index contributed by atoms with van der Waals surface area (Å²) in [4.78, 5) is 15.9. The average molecular weight is 288 g/mol. The van der Waals surface area contributed by atoms with Gasteiger partial charge in [0, 0.05) is 36.5 Å². The maximum atomic E-state index is 11.6. The third kappa shape index (κ3) is 2.17. The molecule has 20 heavy (non-hydrogen) atoms. The molecule has 1 aliphatic rings. The monoisotopic (exact) mass is 287 g/mol. The van der Waals surface area contributed by atoms with E-state index in [0.717, 1.165) is 26.7 Å². The Kier molecular flexibility index (Phi) is 3.42. The number of carbonyl (C=O) groups excluding carboxylic acids is 1. The quantitative estimate of drug-likeness (QED) is 0.864. The fourth-order valence-corrected chi connectivity index (χ4v) is 2.71. The lowest BCUT2D eigenvalue weighted by molar-refractivity contribution is -0.117. The van der Waals surface area contributed by atoms with E-state index in [2.05, 4.69) is 11.1 Å². The van der Waals surface area contributed by atoms with Gasteiger partial charge in [-0.2, -0.15) is 0 Å². The molecule has 0 unspecified atom stereocenters. The van der Waals surface area contributed by atoms with Crippen LogP contribution in [0.5, 0.6) is 0 Å². The van der Waals surface area contributed by atoms with Gasteiger partial charge in [0.1, 0.15) is 0 Å². The van der Waals surface area contributed by atoms with Crippen LogP contribution in [-0.4, -0.2) is 10.9 Å². The van der Waals surface area contributed by atoms with Gasteiger partial charge in [0.15, 0.2) is 5.82 Å². The highest BCUT2D eigenvalue weighted by Gasteiger charge is 2.26. The molecule has 1 aromatic heterocycles. The molecule has 0 saturated carbocycles. The molecule has 0 radical (unpaired) electrons. The molecule has 0 spiro atoms. The smallest absolute Gasteiger partial charge is 0.243 e. The van der Waals surface area contributed by atoms with Crippen molar-refractivity contribution >= 4 is 23.5 Å². The number of halogens is 1. The zero-order chi connectivity index (χ0) is 14.1. The van der Waals surface area contributed by atoms with Crippen molar-refractivity contribution in [3.05, 3.63) is 47.7 Å². The second-order valence-corrected chi connectivity index (χ2v) is 5.08. The lowest BCUT2D eigenvalue weighted by atomic mass is 9.94. The molecule has 5 heteroatoms. The Balaban J connectivity index is 2.13. The molecule has 4 nitrogen and oxygen atoms in total. The fraction of sp³-hybridized carbons (Fsp3) is 0.200. The van der Waals surface area contributed by atoms with E-state index in [1.54, 1.807) is 6.20 Å². The summed E-state index contributed by atoms with van der Waals surface area (Å²) in [7, 11) is 0. The van der Waals surface area contributed by atoms with E-state index in [1.165, 1.54) is 0 Å². The summed E-state index contributed by atoms with van der Waals surface area (Å²) in [6.07, 6.45) is 2.75. The van der Waals surface area contributed by atoms with E-state index in [0.29, 0.717) is 25.2 Å². The predicted molar refractivity (Wildman–Crippen MR) is 79.2 cm³/mol. The summed E-state index contributed by atoms with van der Waals surface area (Å²) >= 11 is 6.02. The van der Waals surface area contributed by atoms with Gasteiger partial charge < -0.3 is 5.73 Å². The predicted octanol–water partition coefficient (Wildman–Crippen LogP) is 2.64. The zero-order valence-electron chi connectivity index (χ0n) is 10.8. The number of nitrogens with zero attached hydrogens (tertiary/aromatic N) is 2. The molecular formula is C15H14ClN3O. The van der Waals surface area contributed by atoms with Crippen LogP contribution in [0.3, 0.4) is 0 Å². The van der Waals surface area contributed by atoms with Gasteiger partial charge in [-0.1, -0.05) is 18.2 Å². The van der Waals surface area contributed by atoms with E-state index in [-0.39, 0.29) is 5.91 Å². The summed E-state index contributed by atoms with van der Waals surface area (Å²) < 4.78 is 1.12. The first-order chi connectivity index (χ1) is 9.70. The van der Waals surface area contributed by atoms with Crippen LogP contribution in [0.15, 0.2) is 36.5 Å². The topological polar surface area (TPSA) is 59.2 Å². The van der Waals surface area contributed by atoms with Crippen molar-refractivity contribution in [2.45, 2.75) is 19.4 Å². The first-order valence-corrected chi connectivity index (χ1v) is 6.80. The standard InChI is InChI=1S/C15H14ClN3O/c16-19-14(20)5-4-13-12(6-7-18-15(13)19)11-3-1-2-10(8-11)9-17/h1-3,6-8H,4-5,9,17H2. The van der Waals surface area contributed by atoms with Crippen LogP contribution in [0.2, 0.25) is 0 Å². The average Bonchev–Trinajstić information content (AvgIpc) is 2.50. The summed E-state index contributed by atoms with van der Waals surface area (Å²) in [5.74, 6) is 0.429. The number of carbonyl (C=O) groups is 1. The highest BCUT2D eigenvalue weighted by atomic mass is 35.5. The van der Waals surface area contributed by atoms with E-state index in [1.807, 2.05) is 24.3 Å². The largest absolute Gasteiger partial charge is 0.326 e. The molecule has 102 valence electrons. The Hall–Kier alpha value is -1.91. The number of aromatic nitrogens is 1. The van der Waals surface area contributed by atoms with Gasteiger partial charge in [-0.25, -0.2) is 9.40 Å². The molecule has 0 atom stereocenters. The maximum absolute atomic E-state index is 11.6. The summed E-state index contributed by atoms with van der Waals surface area (Å²) in [5, 5.41) is 0. The molecule has 0 bridgehead atoms. The number of pyridine rings is 1. The second-order valence-electron chi connectivity index (χ2n) is 4.74. The van der Waals surface area contributed by atoms with Gasteiger partial charge in [-0.15, -0.1) is 0 Å². The van der Waals surface area contributed by atoms with Crippen molar-refractivity contribution < 1.29 is 4.79 Å².